The quantitative estimate of drug-likeness (QED) is 0.916. The topological polar surface area (TPSA) is 48.3 Å². The highest BCUT2D eigenvalue weighted by Crippen LogP contribution is 2.35. The lowest BCUT2D eigenvalue weighted by molar-refractivity contribution is 0.290. The highest BCUT2D eigenvalue weighted by atomic mass is 16.5. The summed E-state index contributed by atoms with van der Waals surface area (Å²) < 4.78 is 13.4. The Kier molecular flexibility index (Phi) is 3.84. The van der Waals surface area contributed by atoms with Gasteiger partial charge in [0.05, 0.1) is 17.4 Å². The molecule has 0 bridgehead atoms. The Labute approximate surface area is 124 Å². The molecule has 1 aromatic heterocycles. The number of ether oxygens (including phenoxy) is 2. The maximum absolute atomic E-state index is 5.86. The molecule has 1 aromatic carbocycles. The highest BCUT2D eigenvalue weighted by Gasteiger charge is 2.22. The second kappa shape index (κ2) is 5.77. The molecule has 1 N–H and O–H groups in total. The minimum absolute atomic E-state index is 0.276. The first-order valence-corrected chi connectivity index (χ1v) is 7.30. The first-order valence-electron chi connectivity index (χ1n) is 7.30. The third-order valence-corrected chi connectivity index (χ3v) is 3.89. The summed E-state index contributed by atoms with van der Waals surface area (Å²) in [6, 6.07) is 8.39. The van der Waals surface area contributed by atoms with Crippen LogP contribution in [0.15, 0.2) is 24.3 Å². The molecule has 1 atom stereocenters. The monoisotopic (exact) mass is 287 g/mol. The Hall–Kier alpha value is -2.01. The van der Waals surface area contributed by atoms with E-state index in [2.05, 4.69) is 29.5 Å². The Bertz CT molecular complexity index is 636. The van der Waals surface area contributed by atoms with Gasteiger partial charge in [0, 0.05) is 18.7 Å². The second-order valence-electron chi connectivity index (χ2n) is 5.24. The van der Waals surface area contributed by atoms with E-state index in [-0.39, 0.29) is 6.04 Å². The number of aryl methyl sites for hydroxylation is 2. The van der Waals surface area contributed by atoms with E-state index < -0.39 is 0 Å². The summed E-state index contributed by atoms with van der Waals surface area (Å²) in [6.45, 7) is 3.29. The van der Waals surface area contributed by atoms with Gasteiger partial charge in [0.1, 0.15) is 24.7 Å². The summed E-state index contributed by atoms with van der Waals surface area (Å²) in [5, 5.41) is 7.66. The summed E-state index contributed by atoms with van der Waals surface area (Å²) in [5.41, 5.74) is 3.35. The van der Waals surface area contributed by atoms with Crippen molar-refractivity contribution in [2.45, 2.75) is 26.0 Å². The number of benzene rings is 1. The van der Waals surface area contributed by atoms with Crippen LogP contribution in [0.1, 0.15) is 29.9 Å². The molecule has 1 unspecified atom stereocenters. The van der Waals surface area contributed by atoms with Crippen LogP contribution in [0, 0.1) is 0 Å². The molecule has 5 heteroatoms. The number of aromatic nitrogens is 2. The third kappa shape index (κ3) is 2.74. The number of rotatable bonds is 5. The molecule has 0 amide bonds. The molecule has 2 heterocycles. The van der Waals surface area contributed by atoms with E-state index in [1.807, 2.05) is 30.9 Å². The van der Waals surface area contributed by atoms with Crippen LogP contribution in [0.3, 0.4) is 0 Å². The zero-order chi connectivity index (χ0) is 14.8. The van der Waals surface area contributed by atoms with Crippen LogP contribution in [-0.2, 0) is 20.1 Å². The van der Waals surface area contributed by atoms with Gasteiger partial charge >= 0.3 is 0 Å². The van der Waals surface area contributed by atoms with Gasteiger partial charge in [-0.05, 0) is 31.7 Å². The van der Waals surface area contributed by atoms with Gasteiger partial charge in [-0.25, -0.2) is 0 Å². The minimum Gasteiger partial charge on any atom is -0.491 e. The summed E-state index contributed by atoms with van der Waals surface area (Å²) >= 11 is 0. The van der Waals surface area contributed by atoms with Crippen molar-refractivity contribution in [2.75, 3.05) is 13.7 Å². The van der Waals surface area contributed by atoms with E-state index in [0.717, 1.165) is 29.3 Å². The fourth-order valence-electron chi connectivity index (χ4n) is 2.56. The maximum atomic E-state index is 5.86. The summed E-state index contributed by atoms with van der Waals surface area (Å²) in [4.78, 5) is 0. The SMILES string of the molecule is CCc1cc(COc2ccc3c(c2)OCC3NC)n(C)n1. The zero-order valence-corrected chi connectivity index (χ0v) is 12.7. The number of hydrogen-bond acceptors (Lipinski definition) is 4. The van der Waals surface area contributed by atoms with Crippen LogP contribution in [-0.4, -0.2) is 23.4 Å². The van der Waals surface area contributed by atoms with Gasteiger partial charge in [0.15, 0.2) is 0 Å². The summed E-state index contributed by atoms with van der Waals surface area (Å²) in [7, 11) is 3.89. The van der Waals surface area contributed by atoms with Crippen LogP contribution < -0.4 is 14.8 Å². The van der Waals surface area contributed by atoms with E-state index in [9.17, 15) is 0 Å². The molecule has 2 aromatic rings. The second-order valence-corrected chi connectivity index (χ2v) is 5.24. The zero-order valence-electron chi connectivity index (χ0n) is 12.7. The number of nitrogens with zero attached hydrogens (tertiary/aromatic N) is 2. The smallest absolute Gasteiger partial charge is 0.130 e. The minimum atomic E-state index is 0.276. The normalized spacial score (nSPS) is 16.6. The molecule has 0 spiro atoms. The van der Waals surface area contributed by atoms with Gasteiger partial charge < -0.3 is 14.8 Å². The summed E-state index contributed by atoms with van der Waals surface area (Å²) in [5.74, 6) is 1.73. The molecule has 0 saturated carbocycles. The molecule has 1 aliphatic rings. The number of hydrogen-bond donors (Lipinski definition) is 1. The van der Waals surface area contributed by atoms with Gasteiger partial charge in [-0.3, -0.25) is 4.68 Å². The van der Waals surface area contributed by atoms with E-state index in [4.69, 9.17) is 9.47 Å². The van der Waals surface area contributed by atoms with Crippen molar-refractivity contribution in [1.29, 1.82) is 0 Å². The number of fused-ring (bicyclic) bond motifs is 1. The highest BCUT2D eigenvalue weighted by molar-refractivity contribution is 5.45. The standard InChI is InChI=1S/C16H21N3O2/c1-4-11-7-12(19(3)18-11)9-20-13-5-6-14-15(17-2)10-21-16(14)8-13/h5-8,15,17H,4,9-10H2,1-3H3. The van der Waals surface area contributed by atoms with Gasteiger partial charge in [-0.2, -0.15) is 5.10 Å². The molecule has 21 heavy (non-hydrogen) atoms. The van der Waals surface area contributed by atoms with Crippen molar-refractivity contribution in [3.05, 3.63) is 41.2 Å². The van der Waals surface area contributed by atoms with Crippen LogP contribution >= 0.6 is 0 Å². The molecular weight excluding hydrogens is 266 g/mol. The molecule has 0 saturated heterocycles. The lowest BCUT2D eigenvalue weighted by Gasteiger charge is -2.09. The van der Waals surface area contributed by atoms with Gasteiger partial charge in [0.25, 0.3) is 0 Å². The lowest BCUT2D eigenvalue weighted by atomic mass is 10.1. The van der Waals surface area contributed by atoms with E-state index >= 15 is 0 Å². The van der Waals surface area contributed by atoms with E-state index in [1.54, 1.807) is 0 Å². The van der Waals surface area contributed by atoms with Crippen molar-refractivity contribution in [3.8, 4) is 11.5 Å². The Morgan fingerprint density at radius 3 is 3.00 bits per heavy atom. The van der Waals surface area contributed by atoms with Crippen molar-refractivity contribution < 1.29 is 9.47 Å². The van der Waals surface area contributed by atoms with Crippen LogP contribution in [0.2, 0.25) is 0 Å². The Balaban J connectivity index is 1.70. The molecular formula is C16H21N3O2. The van der Waals surface area contributed by atoms with Crippen LogP contribution in [0.5, 0.6) is 11.5 Å². The summed E-state index contributed by atoms with van der Waals surface area (Å²) in [6.07, 6.45) is 0.936. The fraction of sp³-hybridized carbons (Fsp3) is 0.438. The fourth-order valence-corrected chi connectivity index (χ4v) is 2.56. The predicted molar refractivity (Wildman–Crippen MR) is 80.7 cm³/mol. The van der Waals surface area contributed by atoms with Crippen molar-refractivity contribution in [1.82, 2.24) is 15.1 Å². The Morgan fingerprint density at radius 2 is 2.29 bits per heavy atom. The van der Waals surface area contributed by atoms with E-state index in [1.165, 1.54) is 5.56 Å². The maximum Gasteiger partial charge on any atom is 0.130 e. The average molecular weight is 287 g/mol. The predicted octanol–water partition coefficient (Wildman–Crippen LogP) is 2.21. The first kappa shape index (κ1) is 13.9. The van der Waals surface area contributed by atoms with Gasteiger partial charge in [-0.1, -0.05) is 6.92 Å². The molecule has 0 radical (unpaired) electrons. The van der Waals surface area contributed by atoms with Crippen LogP contribution in [0.4, 0.5) is 0 Å². The Morgan fingerprint density at radius 1 is 1.43 bits per heavy atom. The lowest BCUT2D eigenvalue weighted by Crippen LogP contribution is -2.17. The molecule has 3 rings (SSSR count). The molecule has 1 aliphatic heterocycles. The number of nitrogens with one attached hydrogen (secondary N) is 1. The molecule has 0 fully saturated rings. The third-order valence-electron chi connectivity index (χ3n) is 3.89. The van der Waals surface area contributed by atoms with Crippen molar-refractivity contribution in [3.63, 3.8) is 0 Å². The number of likely N-dealkylation sites (N-methyl/N-ethyl adjacent to an activating group) is 1. The van der Waals surface area contributed by atoms with Gasteiger partial charge in [-0.15, -0.1) is 0 Å². The van der Waals surface area contributed by atoms with Gasteiger partial charge in [0.2, 0.25) is 0 Å². The molecule has 112 valence electrons. The first-order chi connectivity index (χ1) is 10.2. The van der Waals surface area contributed by atoms with Crippen LogP contribution in [0.25, 0.3) is 0 Å². The molecule has 5 nitrogen and oxygen atoms in total. The van der Waals surface area contributed by atoms with Crippen molar-refractivity contribution in [2.24, 2.45) is 7.05 Å². The molecule has 0 aliphatic carbocycles. The van der Waals surface area contributed by atoms with Crippen molar-refractivity contribution >= 4 is 0 Å². The average Bonchev–Trinajstić information content (AvgIpc) is 3.07. The largest absolute Gasteiger partial charge is 0.491 e. The van der Waals surface area contributed by atoms with E-state index in [0.29, 0.717) is 13.2 Å².